The third kappa shape index (κ3) is 3.00. The summed E-state index contributed by atoms with van der Waals surface area (Å²) in [6.45, 7) is 2.64. The van der Waals surface area contributed by atoms with Crippen LogP contribution < -0.4 is 10.5 Å². The highest BCUT2D eigenvalue weighted by atomic mass is 32.2. The number of hydrogen-bond acceptors (Lipinski definition) is 4. The number of aromatic nitrogens is 1. The first-order chi connectivity index (χ1) is 8.47. The van der Waals surface area contributed by atoms with Crippen LogP contribution in [-0.2, 0) is 10.0 Å². The lowest BCUT2D eigenvalue weighted by Gasteiger charge is -2.15. The number of nitrogens with one attached hydrogen (secondary N) is 1. The van der Waals surface area contributed by atoms with Gasteiger partial charge in [0.25, 0.3) is 0 Å². The molecule has 0 radical (unpaired) electrons. The molecule has 18 heavy (non-hydrogen) atoms. The highest BCUT2D eigenvalue weighted by Gasteiger charge is 2.42. The summed E-state index contributed by atoms with van der Waals surface area (Å²) in [6.07, 6.45) is 5.80. The lowest BCUT2D eigenvalue weighted by atomic mass is 10.0. The van der Waals surface area contributed by atoms with Crippen molar-refractivity contribution in [1.82, 2.24) is 9.71 Å². The maximum atomic E-state index is 12.1. The van der Waals surface area contributed by atoms with E-state index in [1.807, 2.05) is 0 Å². The first kappa shape index (κ1) is 13.3. The van der Waals surface area contributed by atoms with E-state index in [-0.39, 0.29) is 16.1 Å². The van der Waals surface area contributed by atoms with Crippen molar-refractivity contribution in [2.24, 2.45) is 5.41 Å². The van der Waals surface area contributed by atoms with E-state index in [1.165, 1.54) is 18.3 Å². The van der Waals surface area contributed by atoms with E-state index in [4.69, 9.17) is 5.73 Å². The normalized spacial score (nSPS) is 17.6. The maximum Gasteiger partial charge on any atom is 0.240 e. The molecular weight excluding hydrogens is 250 g/mol. The number of hydrogen-bond donors (Lipinski definition) is 2. The molecule has 6 heteroatoms. The summed E-state index contributed by atoms with van der Waals surface area (Å²) in [5.74, 6) is 0.215. The Morgan fingerprint density at radius 1 is 1.50 bits per heavy atom. The van der Waals surface area contributed by atoms with Crippen molar-refractivity contribution in [3.05, 3.63) is 18.3 Å². The Balaban J connectivity index is 2.04. The van der Waals surface area contributed by atoms with Gasteiger partial charge in [0.15, 0.2) is 0 Å². The predicted octanol–water partition coefficient (Wildman–Crippen LogP) is 1.52. The molecule has 0 atom stereocenters. The molecule has 0 amide bonds. The summed E-state index contributed by atoms with van der Waals surface area (Å²) < 4.78 is 26.8. The zero-order valence-corrected chi connectivity index (χ0v) is 11.3. The van der Waals surface area contributed by atoms with Crippen LogP contribution in [0.1, 0.15) is 32.6 Å². The number of rotatable bonds is 6. The van der Waals surface area contributed by atoms with Crippen LogP contribution in [0.4, 0.5) is 5.82 Å². The Hall–Kier alpha value is -1.14. The molecule has 1 heterocycles. The molecule has 1 aromatic heterocycles. The molecule has 0 bridgehead atoms. The van der Waals surface area contributed by atoms with Gasteiger partial charge in [-0.2, -0.15) is 0 Å². The Morgan fingerprint density at radius 3 is 2.78 bits per heavy atom. The minimum atomic E-state index is -3.46. The summed E-state index contributed by atoms with van der Waals surface area (Å²) in [7, 11) is -3.46. The third-order valence-electron chi connectivity index (χ3n) is 3.44. The number of nitrogens with two attached hydrogens (primary N) is 1. The highest BCUT2D eigenvalue weighted by molar-refractivity contribution is 7.89. The zero-order valence-electron chi connectivity index (χ0n) is 10.5. The van der Waals surface area contributed by atoms with Gasteiger partial charge >= 0.3 is 0 Å². The van der Waals surface area contributed by atoms with Crippen LogP contribution in [0.3, 0.4) is 0 Å². The topological polar surface area (TPSA) is 85.1 Å². The fourth-order valence-electron chi connectivity index (χ4n) is 2.15. The molecule has 1 saturated carbocycles. The lowest BCUT2D eigenvalue weighted by Crippen LogP contribution is -2.30. The first-order valence-electron chi connectivity index (χ1n) is 6.19. The monoisotopic (exact) mass is 269 g/mol. The molecule has 2 rings (SSSR count). The van der Waals surface area contributed by atoms with Crippen molar-refractivity contribution in [1.29, 1.82) is 0 Å². The van der Waals surface area contributed by atoms with Crippen molar-refractivity contribution < 1.29 is 8.42 Å². The second-order valence-corrected chi connectivity index (χ2v) is 6.76. The van der Waals surface area contributed by atoms with E-state index in [0.29, 0.717) is 6.54 Å². The van der Waals surface area contributed by atoms with Gasteiger partial charge in [-0.25, -0.2) is 18.1 Å². The molecule has 100 valence electrons. The average molecular weight is 269 g/mol. The van der Waals surface area contributed by atoms with Gasteiger partial charge in [-0.15, -0.1) is 0 Å². The largest absolute Gasteiger partial charge is 0.384 e. The molecule has 5 nitrogen and oxygen atoms in total. The Morgan fingerprint density at radius 2 is 2.22 bits per heavy atom. The molecule has 3 N–H and O–H groups in total. The smallest absolute Gasteiger partial charge is 0.240 e. The number of pyridine rings is 1. The molecule has 1 aromatic rings. The Kier molecular flexibility index (Phi) is 3.59. The first-order valence-corrected chi connectivity index (χ1v) is 7.67. The molecule has 1 aliphatic carbocycles. The molecular formula is C12H19N3O2S. The molecule has 0 aromatic carbocycles. The quantitative estimate of drug-likeness (QED) is 0.820. The summed E-state index contributed by atoms with van der Waals surface area (Å²) in [5, 5.41) is 0. The van der Waals surface area contributed by atoms with Crippen LogP contribution in [0, 0.1) is 5.41 Å². The molecule has 0 unspecified atom stereocenters. The van der Waals surface area contributed by atoms with Crippen molar-refractivity contribution >= 4 is 15.8 Å². The Bertz CT molecular complexity index is 524. The van der Waals surface area contributed by atoms with E-state index in [9.17, 15) is 8.42 Å². The lowest BCUT2D eigenvalue weighted by molar-refractivity contribution is 0.449. The van der Waals surface area contributed by atoms with Crippen molar-refractivity contribution in [3.8, 4) is 0 Å². The van der Waals surface area contributed by atoms with E-state index in [0.717, 1.165) is 25.7 Å². The molecule has 0 saturated heterocycles. The zero-order chi connectivity index (χ0) is 13.2. The SMILES string of the molecule is CCCC1(CNS(=O)(=O)c2ccnc(N)c2)CC1. The fourth-order valence-corrected chi connectivity index (χ4v) is 3.33. The highest BCUT2D eigenvalue weighted by Crippen LogP contribution is 2.49. The van der Waals surface area contributed by atoms with Crippen molar-refractivity contribution in [3.63, 3.8) is 0 Å². The van der Waals surface area contributed by atoms with Crippen LogP contribution in [0.15, 0.2) is 23.2 Å². The van der Waals surface area contributed by atoms with Crippen molar-refractivity contribution in [2.45, 2.75) is 37.5 Å². The van der Waals surface area contributed by atoms with Crippen LogP contribution in [-0.4, -0.2) is 19.9 Å². The summed E-state index contributed by atoms with van der Waals surface area (Å²) in [4.78, 5) is 3.97. The predicted molar refractivity (Wildman–Crippen MR) is 70.4 cm³/mol. The molecule has 1 aliphatic rings. The van der Waals surface area contributed by atoms with Gasteiger partial charge in [0.2, 0.25) is 10.0 Å². The van der Waals surface area contributed by atoms with E-state index in [2.05, 4.69) is 16.6 Å². The standard InChI is InChI=1S/C12H19N3O2S/c1-2-4-12(5-6-12)9-15-18(16,17)10-3-7-14-11(13)8-10/h3,7-8,15H,2,4-6,9H2,1H3,(H2,13,14). The van der Waals surface area contributed by atoms with Gasteiger partial charge in [-0.05, 0) is 30.7 Å². The fraction of sp³-hybridized carbons (Fsp3) is 0.583. The Labute approximate surface area is 108 Å². The summed E-state index contributed by atoms with van der Waals surface area (Å²) >= 11 is 0. The van der Waals surface area contributed by atoms with Gasteiger partial charge < -0.3 is 5.73 Å². The van der Waals surface area contributed by atoms with Crippen LogP contribution in [0.25, 0.3) is 0 Å². The number of nitrogens with zero attached hydrogens (tertiary/aromatic N) is 1. The van der Waals surface area contributed by atoms with Gasteiger partial charge in [-0.3, -0.25) is 0 Å². The summed E-state index contributed by atoms with van der Waals surface area (Å²) in [6, 6.07) is 2.83. The molecule has 0 aliphatic heterocycles. The minimum Gasteiger partial charge on any atom is -0.384 e. The van der Waals surface area contributed by atoms with Gasteiger partial charge in [-0.1, -0.05) is 13.3 Å². The van der Waals surface area contributed by atoms with Crippen molar-refractivity contribution in [2.75, 3.05) is 12.3 Å². The molecule has 1 fully saturated rings. The number of sulfonamides is 1. The second kappa shape index (κ2) is 4.85. The second-order valence-electron chi connectivity index (χ2n) is 4.99. The van der Waals surface area contributed by atoms with E-state index in [1.54, 1.807) is 0 Å². The van der Waals surface area contributed by atoms with Gasteiger partial charge in [0, 0.05) is 18.8 Å². The van der Waals surface area contributed by atoms with Crippen LogP contribution in [0.2, 0.25) is 0 Å². The van der Waals surface area contributed by atoms with E-state index >= 15 is 0 Å². The number of nitrogen functional groups attached to an aromatic ring is 1. The van der Waals surface area contributed by atoms with Crippen LogP contribution >= 0.6 is 0 Å². The maximum absolute atomic E-state index is 12.1. The number of anilines is 1. The average Bonchev–Trinajstić information content (AvgIpc) is 3.08. The van der Waals surface area contributed by atoms with Gasteiger partial charge in [0.05, 0.1) is 4.90 Å². The third-order valence-corrected chi connectivity index (χ3v) is 4.84. The van der Waals surface area contributed by atoms with Gasteiger partial charge in [0.1, 0.15) is 5.82 Å². The van der Waals surface area contributed by atoms with Crippen LogP contribution in [0.5, 0.6) is 0 Å². The minimum absolute atomic E-state index is 0.183. The molecule has 0 spiro atoms. The van der Waals surface area contributed by atoms with E-state index < -0.39 is 10.0 Å². The summed E-state index contributed by atoms with van der Waals surface area (Å²) in [5.41, 5.74) is 5.69.